The van der Waals surface area contributed by atoms with Crippen LogP contribution < -0.4 is 11.2 Å². The summed E-state index contributed by atoms with van der Waals surface area (Å²) in [6.45, 7) is 3.42. The molecule has 9 nitrogen and oxygen atoms in total. The first-order valence-corrected chi connectivity index (χ1v) is 8.29. The number of aryl methyl sites for hydroxylation is 2. The van der Waals surface area contributed by atoms with E-state index in [4.69, 9.17) is 4.74 Å². The van der Waals surface area contributed by atoms with E-state index in [1.165, 1.54) is 4.57 Å². The van der Waals surface area contributed by atoms with Gasteiger partial charge in [-0.05, 0) is 12.5 Å². The van der Waals surface area contributed by atoms with Crippen LogP contribution in [0.3, 0.4) is 0 Å². The molecule has 0 amide bonds. The van der Waals surface area contributed by atoms with Crippen LogP contribution in [0.5, 0.6) is 0 Å². The van der Waals surface area contributed by atoms with E-state index >= 15 is 0 Å². The molecule has 3 heterocycles. The third-order valence-electron chi connectivity index (χ3n) is 4.19. The molecule has 0 aliphatic carbocycles. The van der Waals surface area contributed by atoms with Crippen molar-refractivity contribution in [2.75, 3.05) is 13.7 Å². The number of imidazole rings is 1. The second-order valence-corrected chi connectivity index (χ2v) is 5.86. The highest BCUT2D eigenvalue weighted by atomic mass is 16.5. The Morgan fingerprint density at radius 2 is 2.04 bits per heavy atom. The molecule has 0 aromatic carbocycles. The van der Waals surface area contributed by atoms with E-state index in [-0.39, 0.29) is 0 Å². The first kappa shape index (κ1) is 17.2. The smallest absolute Gasteiger partial charge is 0.330 e. The second-order valence-electron chi connectivity index (χ2n) is 5.86. The van der Waals surface area contributed by atoms with Gasteiger partial charge in [-0.15, -0.1) is 0 Å². The van der Waals surface area contributed by atoms with Gasteiger partial charge in [-0.1, -0.05) is 13.3 Å². The average Bonchev–Trinajstić information content (AvgIpc) is 3.16. The highest BCUT2D eigenvalue weighted by Crippen LogP contribution is 2.22. The van der Waals surface area contributed by atoms with Gasteiger partial charge in [0, 0.05) is 33.4 Å². The summed E-state index contributed by atoms with van der Waals surface area (Å²) < 4.78 is 10.2. The van der Waals surface area contributed by atoms with E-state index in [0.29, 0.717) is 36.7 Å². The van der Waals surface area contributed by atoms with Gasteiger partial charge in [0.05, 0.1) is 6.61 Å². The fraction of sp³-hybridized carbons (Fsp3) is 0.500. The zero-order valence-corrected chi connectivity index (χ0v) is 14.7. The number of aromatic nitrogens is 6. The van der Waals surface area contributed by atoms with Crippen molar-refractivity contribution in [1.82, 2.24) is 28.9 Å². The van der Waals surface area contributed by atoms with Crippen molar-refractivity contribution >= 4 is 11.2 Å². The molecule has 0 saturated carbocycles. The van der Waals surface area contributed by atoms with Gasteiger partial charge >= 0.3 is 5.69 Å². The van der Waals surface area contributed by atoms with Crippen LogP contribution in [0.1, 0.15) is 19.8 Å². The molecular weight excluding hydrogens is 324 g/mol. The first-order chi connectivity index (χ1) is 12.1. The van der Waals surface area contributed by atoms with Gasteiger partial charge in [-0.25, -0.2) is 9.78 Å². The van der Waals surface area contributed by atoms with Crippen molar-refractivity contribution in [1.29, 1.82) is 0 Å². The molecule has 3 aromatic rings. The van der Waals surface area contributed by atoms with Crippen LogP contribution in [-0.2, 0) is 24.9 Å². The molecular formula is C16H22N6O3. The van der Waals surface area contributed by atoms with Gasteiger partial charge in [-0.2, -0.15) is 5.10 Å². The molecule has 0 radical (unpaired) electrons. The Kier molecular flexibility index (Phi) is 4.84. The Bertz CT molecular complexity index is 994. The van der Waals surface area contributed by atoms with Crippen LogP contribution in [-0.4, -0.2) is 42.6 Å². The molecule has 3 rings (SSSR count). The van der Waals surface area contributed by atoms with Crippen LogP contribution >= 0.6 is 0 Å². The number of H-pyrrole nitrogens is 1. The number of nitrogens with one attached hydrogen (secondary N) is 1. The van der Waals surface area contributed by atoms with Crippen LogP contribution in [0.25, 0.3) is 22.7 Å². The van der Waals surface area contributed by atoms with E-state index < -0.39 is 11.2 Å². The van der Waals surface area contributed by atoms with E-state index in [0.717, 1.165) is 18.5 Å². The third-order valence-corrected chi connectivity index (χ3v) is 4.19. The topological polar surface area (TPSA) is 99.7 Å². The van der Waals surface area contributed by atoms with Gasteiger partial charge in [0.25, 0.3) is 5.56 Å². The fourth-order valence-corrected chi connectivity index (χ4v) is 2.89. The average molecular weight is 346 g/mol. The molecule has 3 aromatic heterocycles. The Hall–Kier alpha value is -2.68. The largest absolute Gasteiger partial charge is 0.383 e. The minimum Gasteiger partial charge on any atom is -0.383 e. The first-order valence-electron chi connectivity index (χ1n) is 8.29. The lowest BCUT2D eigenvalue weighted by Crippen LogP contribution is -2.31. The summed E-state index contributed by atoms with van der Waals surface area (Å²) in [6.07, 6.45) is 3.43. The molecule has 0 aliphatic heterocycles. The predicted molar refractivity (Wildman–Crippen MR) is 93.6 cm³/mol. The highest BCUT2D eigenvalue weighted by molar-refractivity contribution is 5.76. The predicted octanol–water partition coefficient (Wildman–Crippen LogP) is 0.733. The number of hydrogen-bond acceptors (Lipinski definition) is 5. The maximum Gasteiger partial charge on any atom is 0.330 e. The Balaban J connectivity index is 2.32. The van der Waals surface area contributed by atoms with E-state index in [1.54, 1.807) is 22.6 Å². The maximum atomic E-state index is 12.5. The molecule has 134 valence electrons. The quantitative estimate of drug-likeness (QED) is 0.680. The van der Waals surface area contributed by atoms with Crippen LogP contribution in [0.15, 0.2) is 21.9 Å². The van der Waals surface area contributed by atoms with Crippen molar-refractivity contribution < 1.29 is 4.74 Å². The lowest BCUT2D eigenvalue weighted by molar-refractivity contribution is 0.188. The SMILES string of the molecule is CCCCn1c(=O)[nH]c(=O)c2c1nc(-c1ccnn1C)n2CCOC. The third kappa shape index (κ3) is 3.02. The lowest BCUT2D eigenvalue weighted by atomic mass is 10.3. The van der Waals surface area contributed by atoms with Crippen molar-refractivity contribution in [3.05, 3.63) is 33.1 Å². The van der Waals surface area contributed by atoms with Crippen LogP contribution in [0.2, 0.25) is 0 Å². The molecule has 0 spiro atoms. The van der Waals surface area contributed by atoms with Crippen LogP contribution in [0, 0.1) is 0 Å². The summed E-state index contributed by atoms with van der Waals surface area (Å²) in [5.41, 5.74) is 0.670. The standard InChI is InChI=1S/C16H22N6O3/c1-4-5-8-22-14-12(15(23)19-16(22)24)21(9-10-25-3)13(18-14)11-6-7-17-20(11)2/h6-7H,4-5,8-10H2,1-3H3,(H,19,23,24). The van der Waals surface area contributed by atoms with Gasteiger partial charge in [0.2, 0.25) is 0 Å². The van der Waals surface area contributed by atoms with Gasteiger partial charge in [-0.3, -0.25) is 19.0 Å². The van der Waals surface area contributed by atoms with Crippen molar-refractivity contribution in [2.24, 2.45) is 7.05 Å². The molecule has 0 aliphatic rings. The second kappa shape index (κ2) is 7.06. The molecule has 25 heavy (non-hydrogen) atoms. The Labute approximate surface area is 143 Å². The summed E-state index contributed by atoms with van der Waals surface area (Å²) in [5, 5.41) is 4.17. The van der Waals surface area contributed by atoms with Crippen molar-refractivity contribution in [3.8, 4) is 11.5 Å². The zero-order valence-electron chi connectivity index (χ0n) is 14.7. The summed E-state index contributed by atoms with van der Waals surface area (Å²) in [6, 6.07) is 1.83. The zero-order chi connectivity index (χ0) is 18.0. The monoisotopic (exact) mass is 346 g/mol. The summed E-state index contributed by atoms with van der Waals surface area (Å²) in [7, 11) is 3.41. The minimum absolute atomic E-state index is 0.379. The molecule has 0 unspecified atom stereocenters. The molecule has 0 atom stereocenters. The number of hydrogen-bond donors (Lipinski definition) is 1. The number of nitrogens with zero attached hydrogens (tertiary/aromatic N) is 5. The Morgan fingerprint density at radius 3 is 2.68 bits per heavy atom. The molecule has 0 saturated heterocycles. The highest BCUT2D eigenvalue weighted by Gasteiger charge is 2.20. The van der Waals surface area contributed by atoms with Crippen LogP contribution in [0.4, 0.5) is 0 Å². The number of methoxy groups -OCH3 is 1. The summed E-state index contributed by atoms with van der Waals surface area (Å²) in [4.78, 5) is 31.8. The normalized spacial score (nSPS) is 11.5. The number of fused-ring (bicyclic) bond motifs is 1. The molecule has 9 heteroatoms. The number of rotatable bonds is 7. The minimum atomic E-state index is -0.440. The van der Waals surface area contributed by atoms with E-state index in [2.05, 4.69) is 15.1 Å². The summed E-state index contributed by atoms with van der Waals surface area (Å²) >= 11 is 0. The molecule has 0 bridgehead atoms. The van der Waals surface area contributed by atoms with Gasteiger partial charge < -0.3 is 9.30 Å². The maximum absolute atomic E-state index is 12.5. The summed E-state index contributed by atoms with van der Waals surface area (Å²) in [5.74, 6) is 0.591. The lowest BCUT2D eigenvalue weighted by Gasteiger charge is -2.08. The number of ether oxygens (including phenoxy) is 1. The molecule has 1 N–H and O–H groups in total. The Morgan fingerprint density at radius 1 is 1.24 bits per heavy atom. The van der Waals surface area contributed by atoms with Crippen molar-refractivity contribution in [3.63, 3.8) is 0 Å². The van der Waals surface area contributed by atoms with Gasteiger partial charge in [0.15, 0.2) is 17.0 Å². The number of unbranched alkanes of at least 4 members (excludes halogenated alkanes) is 1. The van der Waals surface area contributed by atoms with E-state index in [9.17, 15) is 9.59 Å². The number of aromatic amines is 1. The molecule has 0 fully saturated rings. The van der Waals surface area contributed by atoms with Crippen molar-refractivity contribution in [2.45, 2.75) is 32.9 Å². The van der Waals surface area contributed by atoms with Gasteiger partial charge in [0.1, 0.15) is 5.69 Å². The fourth-order valence-electron chi connectivity index (χ4n) is 2.89. The van der Waals surface area contributed by atoms with E-state index in [1.807, 2.05) is 20.0 Å².